The summed E-state index contributed by atoms with van der Waals surface area (Å²) >= 11 is 0. The van der Waals surface area contributed by atoms with Crippen molar-refractivity contribution in [2.45, 2.75) is 19.5 Å². The van der Waals surface area contributed by atoms with Crippen LogP contribution in [0.4, 0.5) is 11.4 Å². The molecule has 4 heterocycles. The van der Waals surface area contributed by atoms with Gasteiger partial charge in [0.2, 0.25) is 0 Å². The summed E-state index contributed by atoms with van der Waals surface area (Å²) in [5, 5.41) is 0. The summed E-state index contributed by atoms with van der Waals surface area (Å²) in [5.74, 6) is 0.651. The van der Waals surface area contributed by atoms with E-state index in [1.54, 1.807) is 11.9 Å². The summed E-state index contributed by atoms with van der Waals surface area (Å²) in [7, 11) is 1.78. The van der Waals surface area contributed by atoms with E-state index in [0.717, 1.165) is 54.3 Å². The van der Waals surface area contributed by atoms with Crippen LogP contribution in [0.2, 0.25) is 0 Å². The van der Waals surface area contributed by atoms with Crippen LogP contribution in [-0.4, -0.2) is 40.4 Å². The van der Waals surface area contributed by atoms with Crippen molar-refractivity contribution in [2.24, 2.45) is 0 Å². The number of rotatable bonds is 3. The van der Waals surface area contributed by atoms with Crippen LogP contribution in [0.5, 0.6) is 5.75 Å². The molecular formula is C26H25N5O2. The zero-order valence-electron chi connectivity index (χ0n) is 18.5. The average Bonchev–Trinajstić information content (AvgIpc) is 3.18. The fourth-order valence-corrected chi connectivity index (χ4v) is 4.81. The third-order valence-corrected chi connectivity index (χ3v) is 6.64. The van der Waals surface area contributed by atoms with Crippen molar-refractivity contribution < 1.29 is 9.53 Å². The van der Waals surface area contributed by atoms with E-state index in [0.29, 0.717) is 11.4 Å². The SMILES string of the molecule is CN1C(=O)COc2ccc(-c3nc4ccc(N)cn4c3CN3CCc4ccccc4C3)cc21. The van der Waals surface area contributed by atoms with Gasteiger partial charge in [0.05, 0.1) is 17.1 Å². The fourth-order valence-electron chi connectivity index (χ4n) is 4.81. The van der Waals surface area contributed by atoms with Gasteiger partial charge < -0.3 is 19.8 Å². The lowest BCUT2D eigenvalue weighted by Crippen LogP contribution is -2.35. The maximum atomic E-state index is 12.2. The second-order valence-corrected chi connectivity index (χ2v) is 8.75. The van der Waals surface area contributed by atoms with Crippen molar-refractivity contribution in [1.82, 2.24) is 14.3 Å². The number of ether oxygens (including phenoxy) is 1. The molecule has 2 aliphatic heterocycles. The zero-order chi connectivity index (χ0) is 22.5. The first-order valence-electron chi connectivity index (χ1n) is 11.2. The number of carbonyl (C=O) groups excluding carboxylic acids is 1. The van der Waals surface area contributed by atoms with E-state index in [1.807, 2.05) is 36.5 Å². The minimum absolute atomic E-state index is 0.0605. The van der Waals surface area contributed by atoms with Gasteiger partial charge in [0, 0.05) is 44.1 Å². The molecule has 7 heteroatoms. The first-order valence-corrected chi connectivity index (χ1v) is 11.2. The Labute approximate surface area is 192 Å². The molecule has 2 aliphatic rings. The molecule has 33 heavy (non-hydrogen) atoms. The number of benzene rings is 2. The van der Waals surface area contributed by atoms with Crippen LogP contribution in [0.3, 0.4) is 0 Å². The Morgan fingerprint density at radius 3 is 2.82 bits per heavy atom. The van der Waals surface area contributed by atoms with Gasteiger partial charge in [0.15, 0.2) is 6.61 Å². The van der Waals surface area contributed by atoms with Crippen LogP contribution in [0.15, 0.2) is 60.8 Å². The van der Waals surface area contributed by atoms with Gasteiger partial charge in [0.25, 0.3) is 5.91 Å². The number of imidazole rings is 1. The van der Waals surface area contributed by atoms with E-state index < -0.39 is 0 Å². The van der Waals surface area contributed by atoms with E-state index in [9.17, 15) is 4.79 Å². The zero-order valence-corrected chi connectivity index (χ0v) is 18.5. The van der Waals surface area contributed by atoms with Gasteiger partial charge in [-0.05, 0) is 47.9 Å². The molecule has 0 aliphatic carbocycles. The molecule has 0 saturated heterocycles. The van der Waals surface area contributed by atoms with E-state index in [4.69, 9.17) is 15.5 Å². The van der Waals surface area contributed by atoms with Gasteiger partial charge in [0.1, 0.15) is 11.4 Å². The number of hydrogen-bond acceptors (Lipinski definition) is 5. The minimum Gasteiger partial charge on any atom is -0.482 e. The largest absolute Gasteiger partial charge is 0.482 e. The number of fused-ring (bicyclic) bond motifs is 3. The van der Waals surface area contributed by atoms with E-state index in [2.05, 4.69) is 33.6 Å². The van der Waals surface area contributed by atoms with Gasteiger partial charge in [-0.2, -0.15) is 0 Å². The van der Waals surface area contributed by atoms with Gasteiger partial charge in [-0.3, -0.25) is 9.69 Å². The number of anilines is 2. The molecule has 0 saturated carbocycles. The molecule has 2 N–H and O–H groups in total. The quantitative estimate of drug-likeness (QED) is 0.529. The third kappa shape index (κ3) is 3.41. The molecule has 166 valence electrons. The molecule has 0 unspecified atom stereocenters. The molecule has 0 fully saturated rings. The highest BCUT2D eigenvalue weighted by Gasteiger charge is 2.25. The molecular weight excluding hydrogens is 414 g/mol. The highest BCUT2D eigenvalue weighted by molar-refractivity contribution is 5.98. The summed E-state index contributed by atoms with van der Waals surface area (Å²) in [6.45, 7) is 2.70. The number of aromatic nitrogens is 2. The third-order valence-electron chi connectivity index (χ3n) is 6.64. The van der Waals surface area contributed by atoms with Crippen molar-refractivity contribution in [3.8, 4) is 17.0 Å². The maximum absolute atomic E-state index is 12.2. The number of pyridine rings is 1. The predicted molar refractivity (Wildman–Crippen MR) is 128 cm³/mol. The highest BCUT2D eigenvalue weighted by atomic mass is 16.5. The molecule has 0 bridgehead atoms. The number of amides is 1. The topological polar surface area (TPSA) is 76.1 Å². The predicted octanol–water partition coefficient (Wildman–Crippen LogP) is 3.50. The maximum Gasteiger partial charge on any atom is 0.264 e. The Morgan fingerprint density at radius 1 is 1.09 bits per heavy atom. The lowest BCUT2D eigenvalue weighted by Gasteiger charge is -2.29. The Bertz CT molecular complexity index is 1390. The standard InChI is InChI=1S/C26H25N5O2/c1-29-21-12-18(6-8-23(21)33-16-25(29)32)26-22(31-14-20(27)7-9-24(31)28-26)15-30-11-10-17-4-2-3-5-19(17)13-30/h2-9,12,14H,10-11,13,15-16,27H2,1H3. The van der Waals surface area contributed by atoms with Crippen molar-refractivity contribution in [2.75, 3.05) is 30.8 Å². The summed E-state index contributed by atoms with van der Waals surface area (Å²) in [6, 6.07) is 18.4. The Balaban J connectivity index is 1.43. The van der Waals surface area contributed by atoms with E-state index in [-0.39, 0.29) is 12.5 Å². The van der Waals surface area contributed by atoms with Crippen LogP contribution in [0.1, 0.15) is 16.8 Å². The lowest BCUT2D eigenvalue weighted by molar-refractivity contribution is -0.120. The lowest BCUT2D eigenvalue weighted by atomic mass is 9.99. The smallest absolute Gasteiger partial charge is 0.264 e. The van der Waals surface area contributed by atoms with Gasteiger partial charge >= 0.3 is 0 Å². The van der Waals surface area contributed by atoms with E-state index in [1.165, 1.54) is 11.1 Å². The molecule has 6 rings (SSSR count). The first-order chi connectivity index (χ1) is 16.1. The van der Waals surface area contributed by atoms with Gasteiger partial charge in [-0.25, -0.2) is 4.98 Å². The summed E-state index contributed by atoms with van der Waals surface area (Å²) < 4.78 is 7.71. The van der Waals surface area contributed by atoms with Crippen LogP contribution < -0.4 is 15.4 Å². The molecule has 2 aromatic heterocycles. The fraction of sp³-hybridized carbons (Fsp3) is 0.231. The number of hydrogen-bond donors (Lipinski definition) is 1. The molecule has 0 radical (unpaired) electrons. The Kier molecular flexibility index (Phi) is 4.58. The van der Waals surface area contributed by atoms with Crippen molar-refractivity contribution in [3.63, 3.8) is 0 Å². The molecule has 1 amide bonds. The van der Waals surface area contributed by atoms with Crippen LogP contribution in [0.25, 0.3) is 16.9 Å². The van der Waals surface area contributed by atoms with Crippen LogP contribution in [-0.2, 0) is 24.3 Å². The monoisotopic (exact) mass is 439 g/mol. The molecule has 4 aromatic rings. The molecule has 0 atom stereocenters. The normalized spacial score (nSPS) is 15.9. The van der Waals surface area contributed by atoms with Crippen molar-refractivity contribution >= 4 is 22.9 Å². The first kappa shape index (κ1) is 19.8. The van der Waals surface area contributed by atoms with Crippen molar-refractivity contribution in [3.05, 3.63) is 77.6 Å². The molecule has 2 aromatic carbocycles. The van der Waals surface area contributed by atoms with Crippen LogP contribution in [0, 0.1) is 0 Å². The molecule has 7 nitrogen and oxygen atoms in total. The summed E-state index contributed by atoms with van der Waals surface area (Å²) in [4.78, 5) is 21.2. The van der Waals surface area contributed by atoms with E-state index >= 15 is 0 Å². The minimum atomic E-state index is -0.0605. The van der Waals surface area contributed by atoms with Gasteiger partial charge in [-0.15, -0.1) is 0 Å². The number of nitrogen functional groups attached to an aromatic ring is 1. The van der Waals surface area contributed by atoms with Crippen LogP contribution >= 0.6 is 0 Å². The number of carbonyl (C=O) groups is 1. The second-order valence-electron chi connectivity index (χ2n) is 8.75. The molecule has 0 spiro atoms. The summed E-state index contributed by atoms with van der Waals surface area (Å²) in [5.41, 5.74) is 14.2. The summed E-state index contributed by atoms with van der Waals surface area (Å²) in [6.07, 6.45) is 2.98. The second kappa shape index (κ2) is 7.64. The highest BCUT2D eigenvalue weighted by Crippen LogP contribution is 2.37. The number of nitrogens with zero attached hydrogens (tertiary/aromatic N) is 4. The van der Waals surface area contributed by atoms with Crippen molar-refractivity contribution in [1.29, 1.82) is 0 Å². The Hall–Kier alpha value is -3.84. The van der Waals surface area contributed by atoms with Gasteiger partial charge in [-0.1, -0.05) is 24.3 Å². The average molecular weight is 440 g/mol. The number of nitrogens with two attached hydrogens (primary N) is 1. The Morgan fingerprint density at radius 2 is 1.94 bits per heavy atom. The number of likely N-dealkylation sites (N-methyl/N-ethyl adjacent to an activating group) is 1.